The van der Waals surface area contributed by atoms with Crippen molar-refractivity contribution in [3.63, 3.8) is 0 Å². The van der Waals surface area contributed by atoms with E-state index in [9.17, 15) is 0 Å². The number of hydrogen-bond donors (Lipinski definition) is 3. The van der Waals surface area contributed by atoms with E-state index in [0.717, 1.165) is 0 Å². The molecule has 0 saturated carbocycles. The summed E-state index contributed by atoms with van der Waals surface area (Å²) in [7, 11) is 0. The van der Waals surface area contributed by atoms with Gasteiger partial charge in [0.05, 0.1) is 16.6 Å². The number of hydrogen-bond acceptors (Lipinski definition) is 3. The molecule has 0 spiro atoms. The number of halogens is 1. The van der Waals surface area contributed by atoms with Crippen LogP contribution in [0.1, 0.15) is 6.92 Å². The molecule has 0 unspecified atom stereocenters. The highest BCUT2D eigenvalue weighted by Crippen LogP contribution is 1.97. The van der Waals surface area contributed by atoms with Gasteiger partial charge in [-0.05, 0) is 19.1 Å². The highest BCUT2D eigenvalue weighted by atomic mass is 35.5. The molecule has 0 bridgehead atoms. The van der Waals surface area contributed by atoms with E-state index in [0.29, 0.717) is 11.4 Å². The fourth-order valence-corrected chi connectivity index (χ4v) is 0.495. The third-order valence-electron chi connectivity index (χ3n) is 1.07. The van der Waals surface area contributed by atoms with Crippen molar-refractivity contribution >= 4 is 11.6 Å². The quantitative estimate of drug-likeness (QED) is 0.426. The van der Waals surface area contributed by atoms with E-state index < -0.39 is 0 Å². The average molecular weight is 174 g/mol. The Balaban J connectivity index is 4.36. The Labute approximate surface area is 71.2 Å². The Morgan fingerprint density at radius 1 is 1.09 bits per heavy atom. The maximum absolute atomic E-state index is 5.49. The predicted molar refractivity (Wildman–Crippen MR) is 48.3 cm³/mol. The van der Waals surface area contributed by atoms with Gasteiger partial charge in [0.2, 0.25) is 0 Å². The smallest absolute Gasteiger partial charge is 0.0992 e. The molecule has 0 aliphatic rings. The second kappa shape index (κ2) is 4.68. The Morgan fingerprint density at radius 2 is 1.64 bits per heavy atom. The summed E-state index contributed by atoms with van der Waals surface area (Å²) in [6.45, 7) is 1.80. The lowest BCUT2D eigenvalue weighted by Gasteiger charge is -1.97. The Kier molecular flexibility index (Phi) is 4.22. The van der Waals surface area contributed by atoms with Gasteiger partial charge < -0.3 is 17.2 Å². The molecule has 0 amide bonds. The van der Waals surface area contributed by atoms with Crippen LogP contribution in [0.15, 0.2) is 34.8 Å². The molecule has 0 aromatic rings. The van der Waals surface area contributed by atoms with Crippen LogP contribution in [0.25, 0.3) is 0 Å². The minimum atomic E-state index is 0.178. The van der Waals surface area contributed by atoms with Crippen LogP contribution in [0, 0.1) is 0 Å². The highest BCUT2D eigenvalue weighted by Gasteiger charge is 1.89. The standard InChI is InChI=1S/C7H12ClN3/c1-2-5(9)6(10)3-4-7(8)11/h2-4H,9-11H2,1H3/b5-2+,6-3+,7-4-. The van der Waals surface area contributed by atoms with Gasteiger partial charge in [-0.3, -0.25) is 0 Å². The molecule has 0 radical (unpaired) electrons. The van der Waals surface area contributed by atoms with Gasteiger partial charge in [0.1, 0.15) is 0 Å². The van der Waals surface area contributed by atoms with Crippen LogP contribution in [0.3, 0.4) is 0 Å². The fourth-order valence-electron chi connectivity index (χ4n) is 0.432. The molecule has 0 aliphatic heterocycles. The molecule has 0 fully saturated rings. The summed E-state index contributed by atoms with van der Waals surface area (Å²) in [5.41, 5.74) is 17.1. The van der Waals surface area contributed by atoms with Gasteiger partial charge >= 0.3 is 0 Å². The first kappa shape index (κ1) is 9.91. The minimum Gasteiger partial charge on any atom is -0.397 e. The zero-order valence-electron chi connectivity index (χ0n) is 6.34. The van der Waals surface area contributed by atoms with E-state index in [2.05, 4.69) is 0 Å². The Bertz CT molecular complexity index is 212. The third-order valence-corrected chi connectivity index (χ3v) is 1.19. The van der Waals surface area contributed by atoms with Crippen molar-refractivity contribution in [1.82, 2.24) is 0 Å². The zero-order valence-corrected chi connectivity index (χ0v) is 7.10. The van der Waals surface area contributed by atoms with Crippen molar-refractivity contribution in [1.29, 1.82) is 0 Å². The highest BCUT2D eigenvalue weighted by molar-refractivity contribution is 6.29. The van der Waals surface area contributed by atoms with Crippen LogP contribution in [0.4, 0.5) is 0 Å². The van der Waals surface area contributed by atoms with Crippen LogP contribution < -0.4 is 17.2 Å². The number of rotatable bonds is 2. The molecule has 0 aromatic carbocycles. The van der Waals surface area contributed by atoms with Crippen molar-refractivity contribution in [3.05, 3.63) is 34.8 Å². The molecule has 0 heterocycles. The number of nitrogens with two attached hydrogens (primary N) is 3. The van der Waals surface area contributed by atoms with Crippen molar-refractivity contribution in [2.24, 2.45) is 17.2 Å². The summed E-state index contributed by atoms with van der Waals surface area (Å²) in [4.78, 5) is 0. The van der Waals surface area contributed by atoms with Crippen LogP contribution in [0.5, 0.6) is 0 Å². The second-order valence-electron chi connectivity index (χ2n) is 1.92. The van der Waals surface area contributed by atoms with E-state index in [1.807, 2.05) is 0 Å². The summed E-state index contributed by atoms with van der Waals surface area (Å²) in [6, 6.07) is 0. The van der Waals surface area contributed by atoms with E-state index in [-0.39, 0.29) is 5.16 Å². The summed E-state index contributed by atoms with van der Waals surface area (Å²) < 4.78 is 0. The predicted octanol–water partition coefficient (Wildman–Crippen LogP) is 0.730. The van der Waals surface area contributed by atoms with Gasteiger partial charge in [0.15, 0.2) is 0 Å². The maximum atomic E-state index is 5.49. The third kappa shape index (κ3) is 4.33. The molecule has 0 aromatic heterocycles. The molecule has 11 heavy (non-hydrogen) atoms. The van der Waals surface area contributed by atoms with Gasteiger partial charge in [-0.25, -0.2) is 0 Å². The topological polar surface area (TPSA) is 78.1 Å². The first-order valence-corrected chi connectivity index (χ1v) is 3.46. The Morgan fingerprint density at radius 3 is 2.00 bits per heavy atom. The first-order valence-electron chi connectivity index (χ1n) is 3.08. The van der Waals surface area contributed by atoms with Gasteiger partial charge in [-0.15, -0.1) is 0 Å². The second-order valence-corrected chi connectivity index (χ2v) is 2.35. The van der Waals surface area contributed by atoms with Crippen molar-refractivity contribution < 1.29 is 0 Å². The number of allylic oxidation sites excluding steroid dienone is 3. The Hall–Kier alpha value is -1.09. The maximum Gasteiger partial charge on any atom is 0.0992 e. The summed E-state index contributed by atoms with van der Waals surface area (Å²) in [5, 5.41) is 0.178. The summed E-state index contributed by atoms with van der Waals surface area (Å²) in [6.07, 6.45) is 4.73. The van der Waals surface area contributed by atoms with Crippen molar-refractivity contribution in [2.75, 3.05) is 0 Å². The molecular formula is C7H12ClN3. The van der Waals surface area contributed by atoms with Crippen LogP contribution in [0.2, 0.25) is 0 Å². The minimum absolute atomic E-state index is 0.178. The zero-order chi connectivity index (χ0) is 8.85. The van der Waals surface area contributed by atoms with Gasteiger partial charge in [0, 0.05) is 0 Å². The molecule has 0 aliphatic carbocycles. The molecule has 0 atom stereocenters. The fraction of sp³-hybridized carbons (Fsp3) is 0.143. The largest absolute Gasteiger partial charge is 0.397 e. The molecule has 0 rings (SSSR count). The molecule has 62 valence electrons. The first-order chi connectivity index (χ1) is 5.07. The van der Waals surface area contributed by atoms with Gasteiger partial charge in [-0.2, -0.15) is 0 Å². The molecular weight excluding hydrogens is 162 g/mol. The lowest BCUT2D eigenvalue weighted by atomic mass is 10.3. The molecule has 6 N–H and O–H groups in total. The van der Waals surface area contributed by atoms with Crippen molar-refractivity contribution in [3.8, 4) is 0 Å². The summed E-state index contributed by atoms with van der Waals surface area (Å²) >= 11 is 5.35. The van der Waals surface area contributed by atoms with Gasteiger partial charge in [-0.1, -0.05) is 17.7 Å². The van der Waals surface area contributed by atoms with Crippen LogP contribution in [-0.2, 0) is 0 Å². The monoisotopic (exact) mass is 173 g/mol. The molecule has 4 heteroatoms. The van der Waals surface area contributed by atoms with Crippen LogP contribution >= 0.6 is 11.6 Å². The van der Waals surface area contributed by atoms with Gasteiger partial charge in [0.25, 0.3) is 0 Å². The van der Waals surface area contributed by atoms with E-state index in [1.165, 1.54) is 6.08 Å². The van der Waals surface area contributed by atoms with E-state index in [1.54, 1.807) is 19.1 Å². The van der Waals surface area contributed by atoms with E-state index in [4.69, 9.17) is 28.8 Å². The lowest BCUT2D eigenvalue weighted by molar-refractivity contribution is 1.23. The summed E-state index contributed by atoms with van der Waals surface area (Å²) in [5.74, 6) is 0. The van der Waals surface area contributed by atoms with E-state index >= 15 is 0 Å². The van der Waals surface area contributed by atoms with Crippen molar-refractivity contribution in [2.45, 2.75) is 6.92 Å². The lowest BCUT2D eigenvalue weighted by Crippen LogP contribution is -2.08. The molecule has 0 saturated heterocycles. The normalized spacial score (nSPS) is 15.3. The van der Waals surface area contributed by atoms with Crippen LogP contribution in [-0.4, -0.2) is 0 Å². The SMILES string of the molecule is C\C=C(N)/C(N)=C\C=C(/N)Cl. The average Bonchev–Trinajstić information content (AvgIpc) is 1.98. The molecule has 3 nitrogen and oxygen atoms in total.